The van der Waals surface area contributed by atoms with Gasteiger partial charge in [0.05, 0.1) is 0 Å². The fourth-order valence-electron chi connectivity index (χ4n) is 3.50. The highest BCUT2D eigenvalue weighted by atomic mass is 32.2. The average Bonchev–Trinajstić information content (AvgIpc) is 2.97. The van der Waals surface area contributed by atoms with Crippen LogP contribution in [0.2, 0.25) is 0 Å². The standard InChI is InChI=1S/C16H32N2S/c1-15(2,3)17-12-16(8-5-6-9-16)13-18(4)14-7-10-19-11-14/h14,17H,5-13H2,1-4H3. The molecule has 1 atom stereocenters. The highest BCUT2D eigenvalue weighted by molar-refractivity contribution is 7.99. The predicted molar refractivity (Wildman–Crippen MR) is 87.0 cm³/mol. The van der Waals surface area contributed by atoms with Gasteiger partial charge in [0.15, 0.2) is 0 Å². The van der Waals surface area contributed by atoms with Gasteiger partial charge in [-0.25, -0.2) is 0 Å². The van der Waals surface area contributed by atoms with Crippen LogP contribution in [0.1, 0.15) is 52.9 Å². The molecule has 1 heterocycles. The van der Waals surface area contributed by atoms with E-state index in [-0.39, 0.29) is 5.54 Å². The molecule has 1 saturated carbocycles. The summed E-state index contributed by atoms with van der Waals surface area (Å²) in [6.45, 7) is 9.34. The zero-order chi connectivity index (χ0) is 13.9. The molecule has 0 spiro atoms. The van der Waals surface area contributed by atoms with Crippen molar-refractivity contribution in [2.24, 2.45) is 5.41 Å². The smallest absolute Gasteiger partial charge is 0.0191 e. The second-order valence-corrected chi connectivity index (χ2v) is 8.89. The Balaban J connectivity index is 1.90. The van der Waals surface area contributed by atoms with Crippen molar-refractivity contribution < 1.29 is 0 Å². The maximum Gasteiger partial charge on any atom is 0.0191 e. The lowest BCUT2D eigenvalue weighted by molar-refractivity contribution is 0.135. The number of rotatable bonds is 5. The van der Waals surface area contributed by atoms with Crippen LogP contribution in [0.25, 0.3) is 0 Å². The minimum Gasteiger partial charge on any atom is -0.311 e. The average molecular weight is 285 g/mol. The Bertz CT molecular complexity index is 273. The summed E-state index contributed by atoms with van der Waals surface area (Å²) in [6, 6.07) is 0.831. The van der Waals surface area contributed by atoms with E-state index >= 15 is 0 Å². The predicted octanol–water partition coefficient (Wildman–Crippen LogP) is 3.37. The summed E-state index contributed by atoms with van der Waals surface area (Å²) in [5, 5.41) is 3.77. The van der Waals surface area contributed by atoms with Gasteiger partial charge in [0.25, 0.3) is 0 Å². The SMILES string of the molecule is CN(CC1(CNC(C)(C)C)CCCC1)C1CCSC1. The topological polar surface area (TPSA) is 15.3 Å². The summed E-state index contributed by atoms with van der Waals surface area (Å²) in [5.41, 5.74) is 0.784. The zero-order valence-corrected chi connectivity index (χ0v) is 14.1. The highest BCUT2D eigenvalue weighted by Gasteiger charge is 2.37. The van der Waals surface area contributed by atoms with E-state index in [0.29, 0.717) is 5.41 Å². The quantitative estimate of drug-likeness (QED) is 0.833. The van der Waals surface area contributed by atoms with Gasteiger partial charge in [-0.05, 0) is 58.2 Å². The number of hydrogen-bond acceptors (Lipinski definition) is 3. The molecule has 1 aliphatic carbocycles. The van der Waals surface area contributed by atoms with Crippen molar-refractivity contribution in [3.63, 3.8) is 0 Å². The third-order valence-corrected chi connectivity index (χ3v) is 5.92. The molecule has 2 fully saturated rings. The first-order chi connectivity index (χ1) is 8.90. The van der Waals surface area contributed by atoms with Gasteiger partial charge in [0.2, 0.25) is 0 Å². The molecule has 1 unspecified atom stereocenters. The molecule has 1 N–H and O–H groups in total. The zero-order valence-electron chi connectivity index (χ0n) is 13.3. The van der Waals surface area contributed by atoms with Crippen molar-refractivity contribution in [3.05, 3.63) is 0 Å². The lowest BCUT2D eigenvalue weighted by Gasteiger charge is -2.38. The Labute approximate surface area is 124 Å². The minimum absolute atomic E-state index is 0.247. The Morgan fingerprint density at radius 1 is 1.26 bits per heavy atom. The lowest BCUT2D eigenvalue weighted by atomic mass is 9.84. The first-order valence-corrected chi connectivity index (χ1v) is 9.09. The number of thioether (sulfide) groups is 1. The van der Waals surface area contributed by atoms with E-state index < -0.39 is 0 Å². The summed E-state index contributed by atoms with van der Waals surface area (Å²) in [7, 11) is 2.35. The van der Waals surface area contributed by atoms with Crippen LogP contribution in [0.5, 0.6) is 0 Å². The fraction of sp³-hybridized carbons (Fsp3) is 1.00. The summed E-state index contributed by atoms with van der Waals surface area (Å²) in [4.78, 5) is 2.66. The van der Waals surface area contributed by atoms with E-state index in [4.69, 9.17) is 0 Å². The summed E-state index contributed by atoms with van der Waals surface area (Å²) in [5.74, 6) is 2.71. The Kier molecular flexibility index (Phi) is 5.24. The van der Waals surface area contributed by atoms with Crippen molar-refractivity contribution >= 4 is 11.8 Å². The molecule has 1 saturated heterocycles. The van der Waals surface area contributed by atoms with Crippen LogP contribution >= 0.6 is 11.8 Å². The van der Waals surface area contributed by atoms with Crippen molar-refractivity contribution in [2.45, 2.75) is 64.5 Å². The van der Waals surface area contributed by atoms with Gasteiger partial charge < -0.3 is 10.2 Å². The second-order valence-electron chi connectivity index (χ2n) is 7.74. The minimum atomic E-state index is 0.247. The van der Waals surface area contributed by atoms with E-state index in [1.54, 1.807) is 0 Å². The number of nitrogens with zero attached hydrogens (tertiary/aromatic N) is 1. The van der Waals surface area contributed by atoms with Crippen LogP contribution in [0, 0.1) is 5.41 Å². The van der Waals surface area contributed by atoms with Gasteiger partial charge in [-0.1, -0.05) is 12.8 Å². The lowest BCUT2D eigenvalue weighted by Crippen LogP contribution is -2.48. The Hall–Kier alpha value is 0.270. The fourth-order valence-corrected chi connectivity index (χ4v) is 4.79. The third-order valence-electron chi connectivity index (χ3n) is 4.77. The Morgan fingerprint density at radius 2 is 1.95 bits per heavy atom. The first kappa shape index (κ1) is 15.7. The van der Waals surface area contributed by atoms with Crippen molar-refractivity contribution in [2.75, 3.05) is 31.6 Å². The van der Waals surface area contributed by atoms with Crippen molar-refractivity contribution in [1.82, 2.24) is 10.2 Å². The van der Waals surface area contributed by atoms with Gasteiger partial charge in [-0.2, -0.15) is 11.8 Å². The number of nitrogens with one attached hydrogen (secondary N) is 1. The van der Waals surface area contributed by atoms with Gasteiger partial charge in [0.1, 0.15) is 0 Å². The molecular formula is C16H32N2S. The Morgan fingerprint density at radius 3 is 2.47 bits per heavy atom. The molecule has 2 rings (SSSR count). The monoisotopic (exact) mass is 284 g/mol. The van der Waals surface area contributed by atoms with Crippen LogP contribution in [0.15, 0.2) is 0 Å². The van der Waals surface area contributed by atoms with Crippen LogP contribution in [-0.4, -0.2) is 48.1 Å². The molecule has 0 radical (unpaired) electrons. The summed E-state index contributed by atoms with van der Waals surface area (Å²) < 4.78 is 0. The van der Waals surface area contributed by atoms with Crippen LogP contribution in [0.3, 0.4) is 0 Å². The van der Waals surface area contributed by atoms with E-state index in [0.717, 1.165) is 6.04 Å². The normalized spacial score (nSPS) is 27.3. The summed E-state index contributed by atoms with van der Waals surface area (Å²) >= 11 is 2.13. The van der Waals surface area contributed by atoms with Crippen LogP contribution < -0.4 is 5.32 Å². The molecule has 0 amide bonds. The number of hydrogen-bond donors (Lipinski definition) is 1. The van der Waals surface area contributed by atoms with E-state index in [1.807, 2.05) is 0 Å². The first-order valence-electron chi connectivity index (χ1n) is 7.93. The largest absolute Gasteiger partial charge is 0.311 e. The van der Waals surface area contributed by atoms with Crippen molar-refractivity contribution in [1.29, 1.82) is 0 Å². The third kappa shape index (κ3) is 4.64. The van der Waals surface area contributed by atoms with Gasteiger partial charge in [-0.15, -0.1) is 0 Å². The highest BCUT2D eigenvalue weighted by Crippen LogP contribution is 2.39. The molecule has 3 heteroatoms. The van der Waals surface area contributed by atoms with E-state index in [1.165, 1.54) is 56.7 Å². The molecule has 0 aromatic carbocycles. The molecule has 1 aliphatic heterocycles. The van der Waals surface area contributed by atoms with E-state index in [2.05, 4.69) is 49.8 Å². The van der Waals surface area contributed by atoms with Gasteiger partial charge in [-0.3, -0.25) is 0 Å². The van der Waals surface area contributed by atoms with Gasteiger partial charge >= 0.3 is 0 Å². The van der Waals surface area contributed by atoms with Crippen molar-refractivity contribution in [3.8, 4) is 0 Å². The molecule has 0 aromatic heterocycles. The molecular weight excluding hydrogens is 252 g/mol. The molecule has 2 aliphatic rings. The molecule has 0 aromatic rings. The van der Waals surface area contributed by atoms with Crippen LogP contribution in [-0.2, 0) is 0 Å². The second kappa shape index (κ2) is 6.36. The van der Waals surface area contributed by atoms with E-state index in [9.17, 15) is 0 Å². The molecule has 112 valence electrons. The van der Waals surface area contributed by atoms with Crippen LogP contribution in [0.4, 0.5) is 0 Å². The maximum absolute atomic E-state index is 3.77. The summed E-state index contributed by atoms with van der Waals surface area (Å²) in [6.07, 6.45) is 7.09. The molecule has 19 heavy (non-hydrogen) atoms. The molecule has 0 bridgehead atoms. The van der Waals surface area contributed by atoms with Gasteiger partial charge in [0, 0.05) is 30.4 Å². The molecule has 2 nitrogen and oxygen atoms in total. The maximum atomic E-state index is 3.77.